The molecule has 0 aliphatic heterocycles. The number of hydrogen-bond donors (Lipinski definition) is 2. The summed E-state index contributed by atoms with van der Waals surface area (Å²) in [6, 6.07) is 2.39. The minimum absolute atomic E-state index is 0.0848. The Hall–Kier alpha value is -0.790. The zero-order chi connectivity index (χ0) is 13.8. The van der Waals surface area contributed by atoms with E-state index in [1.54, 1.807) is 11.8 Å². The van der Waals surface area contributed by atoms with E-state index >= 15 is 0 Å². The monoisotopic (exact) mass is 292 g/mol. The van der Waals surface area contributed by atoms with Crippen molar-refractivity contribution in [2.75, 3.05) is 24.3 Å². The molecule has 1 aromatic carbocycles. The number of benzene rings is 1. The standard InChI is InChI=1S/C11H17FN2O2S2/c1-8-10(12)6-9(13)7-11(8)18(15,16)14-4-3-5-17-2/h6-7,14H,3-5,13H2,1-2H3. The molecule has 0 radical (unpaired) electrons. The van der Waals surface area contributed by atoms with Crippen molar-refractivity contribution in [3.05, 3.63) is 23.5 Å². The lowest BCUT2D eigenvalue weighted by Gasteiger charge is -2.10. The Kier molecular flexibility index (Phi) is 5.43. The van der Waals surface area contributed by atoms with Gasteiger partial charge in [-0.05, 0) is 37.5 Å². The highest BCUT2D eigenvalue weighted by atomic mass is 32.2. The largest absolute Gasteiger partial charge is 0.399 e. The number of rotatable bonds is 6. The Balaban J connectivity index is 2.91. The van der Waals surface area contributed by atoms with E-state index < -0.39 is 15.8 Å². The van der Waals surface area contributed by atoms with Crippen molar-refractivity contribution in [2.24, 2.45) is 0 Å². The summed E-state index contributed by atoms with van der Waals surface area (Å²) in [6.45, 7) is 1.75. The normalized spacial score (nSPS) is 11.7. The number of sulfonamides is 1. The van der Waals surface area contributed by atoms with Gasteiger partial charge in [-0.25, -0.2) is 17.5 Å². The molecule has 0 unspecified atom stereocenters. The van der Waals surface area contributed by atoms with Gasteiger partial charge in [-0.2, -0.15) is 11.8 Å². The van der Waals surface area contributed by atoms with Gasteiger partial charge in [-0.1, -0.05) is 0 Å². The third kappa shape index (κ3) is 3.86. The van der Waals surface area contributed by atoms with Crippen LogP contribution in [0.1, 0.15) is 12.0 Å². The van der Waals surface area contributed by atoms with Gasteiger partial charge in [0, 0.05) is 17.8 Å². The fraction of sp³-hybridized carbons (Fsp3) is 0.455. The first-order valence-electron chi connectivity index (χ1n) is 5.42. The number of thioether (sulfide) groups is 1. The van der Waals surface area contributed by atoms with Gasteiger partial charge in [-0.15, -0.1) is 0 Å². The van der Waals surface area contributed by atoms with Crippen molar-refractivity contribution < 1.29 is 12.8 Å². The first-order chi connectivity index (χ1) is 8.38. The van der Waals surface area contributed by atoms with Crippen LogP contribution in [0.2, 0.25) is 0 Å². The topological polar surface area (TPSA) is 72.2 Å². The Morgan fingerprint density at radius 1 is 1.44 bits per heavy atom. The summed E-state index contributed by atoms with van der Waals surface area (Å²) in [7, 11) is -3.70. The summed E-state index contributed by atoms with van der Waals surface area (Å²) in [5.74, 6) is 0.256. The van der Waals surface area contributed by atoms with Gasteiger partial charge in [0.15, 0.2) is 0 Å². The van der Waals surface area contributed by atoms with Crippen LogP contribution < -0.4 is 10.5 Å². The molecule has 0 amide bonds. The number of nitrogens with one attached hydrogen (secondary N) is 1. The lowest BCUT2D eigenvalue weighted by Crippen LogP contribution is -2.26. The molecule has 18 heavy (non-hydrogen) atoms. The lowest BCUT2D eigenvalue weighted by molar-refractivity contribution is 0.574. The van der Waals surface area contributed by atoms with Gasteiger partial charge in [0.1, 0.15) is 5.82 Å². The number of anilines is 1. The summed E-state index contributed by atoms with van der Waals surface area (Å²) >= 11 is 1.64. The summed E-state index contributed by atoms with van der Waals surface area (Å²) in [6.07, 6.45) is 2.68. The van der Waals surface area contributed by atoms with Gasteiger partial charge in [0.05, 0.1) is 4.90 Å². The molecule has 0 atom stereocenters. The van der Waals surface area contributed by atoms with E-state index in [1.807, 2.05) is 6.26 Å². The molecule has 1 rings (SSSR count). The molecule has 0 fully saturated rings. The molecule has 3 N–H and O–H groups in total. The molecule has 0 saturated carbocycles. The average molecular weight is 292 g/mol. The summed E-state index contributed by atoms with van der Waals surface area (Å²) in [4.78, 5) is -0.0934. The van der Waals surface area contributed by atoms with Crippen molar-refractivity contribution in [3.8, 4) is 0 Å². The molecule has 0 aliphatic rings. The maximum absolute atomic E-state index is 13.4. The van der Waals surface area contributed by atoms with Gasteiger partial charge in [0.25, 0.3) is 0 Å². The van der Waals surface area contributed by atoms with E-state index in [9.17, 15) is 12.8 Å². The molecular formula is C11H17FN2O2S2. The number of halogens is 1. The molecule has 4 nitrogen and oxygen atoms in total. The maximum Gasteiger partial charge on any atom is 0.241 e. The van der Waals surface area contributed by atoms with E-state index in [4.69, 9.17) is 5.73 Å². The lowest BCUT2D eigenvalue weighted by atomic mass is 10.2. The smallest absolute Gasteiger partial charge is 0.241 e. The zero-order valence-corrected chi connectivity index (χ0v) is 12.0. The van der Waals surface area contributed by atoms with Crippen LogP contribution in [-0.4, -0.2) is 27.0 Å². The minimum Gasteiger partial charge on any atom is -0.399 e. The van der Waals surface area contributed by atoms with Gasteiger partial charge >= 0.3 is 0 Å². The summed E-state index contributed by atoms with van der Waals surface area (Å²) in [5.41, 5.74) is 5.65. The van der Waals surface area contributed by atoms with Gasteiger partial charge in [0.2, 0.25) is 10.0 Å². The van der Waals surface area contributed by atoms with E-state index in [-0.39, 0.29) is 16.1 Å². The van der Waals surface area contributed by atoms with Crippen molar-refractivity contribution in [1.82, 2.24) is 4.72 Å². The molecule has 7 heteroatoms. The predicted molar refractivity (Wildman–Crippen MR) is 73.7 cm³/mol. The minimum atomic E-state index is -3.70. The van der Waals surface area contributed by atoms with Crippen LogP contribution in [-0.2, 0) is 10.0 Å². The van der Waals surface area contributed by atoms with Crippen LogP contribution in [0.25, 0.3) is 0 Å². The SMILES string of the molecule is CSCCCNS(=O)(=O)c1cc(N)cc(F)c1C. The fourth-order valence-electron chi connectivity index (χ4n) is 1.45. The third-order valence-electron chi connectivity index (χ3n) is 2.43. The van der Waals surface area contributed by atoms with Crippen LogP contribution in [0.4, 0.5) is 10.1 Å². The first-order valence-corrected chi connectivity index (χ1v) is 8.30. The second-order valence-electron chi connectivity index (χ2n) is 3.87. The molecule has 0 bridgehead atoms. The van der Waals surface area contributed by atoms with Crippen LogP contribution in [0.5, 0.6) is 0 Å². The molecule has 0 spiro atoms. The van der Waals surface area contributed by atoms with E-state index in [0.29, 0.717) is 6.54 Å². The zero-order valence-electron chi connectivity index (χ0n) is 10.4. The molecular weight excluding hydrogens is 275 g/mol. The quantitative estimate of drug-likeness (QED) is 0.619. The van der Waals surface area contributed by atoms with Crippen LogP contribution >= 0.6 is 11.8 Å². The van der Waals surface area contributed by atoms with Crippen molar-refractivity contribution >= 4 is 27.5 Å². The second-order valence-corrected chi connectivity index (χ2v) is 6.59. The Bertz CT molecular complexity index is 518. The molecule has 0 saturated heterocycles. The van der Waals surface area contributed by atoms with Gasteiger partial charge < -0.3 is 5.73 Å². The van der Waals surface area contributed by atoms with E-state index in [0.717, 1.165) is 18.2 Å². The molecule has 0 heterocycles. The first kappa shape index (κ1) is 15.3. The maximum atomic E-state index is 13.4. The second kappa shape index (κ2) is 6.40. The fourth-order valence-corrected chi connectivity index (χ4v) is 3.25. The molecule has 0 aromatic heterocycles. The highest BCUT2D eigenvalue weighted by molar-refractivity contribution is 7.98. The van der Waals surface area contributed by atoms with Crippen molar-refractivity contribution in [1.29, 1.82) is 0 Å². The third-order valence-corrected chi connectivity index (χ3v) is 4.71. The highest BCUT2D eigenvalue weighted by Gasteiger charge is 2.19. The number of nitrogen functional groups attached to an aromatic ring is 1. The molecule has 1 aromatic rings. The summed E-state index contributed by atoms with van der Waals surface area (Å²) < 4.78 is 39.8. The highest BCUT2D eigenvalue weighted by Crippen LogP contribution is 2.21. The number of nitrogens with two attached hydrogens (primary N) is 1. The van der Waals surface area contributed by atoms with Crippen molar-refractivity contribution in [2.45, 2.75) is 18.2 Å². The van der Waals surface area contributed by atoms with Crippen molar-refractivity contribution in [3.63, 3.8) is 0 Å². The van der Waals surface area contributed by atoms with E-state index in [2.05, 4.69) is 4.72 Å². The van der Waals surface area contributed by atoms with Crippen LogP contribution in [0.3, 0.4) is 0 Å². The summed E-state index contributed by atoms with van der Waals surface area (Å²) in [5, 5.41) is 0. The molecule has 0 aliphatic carbocycles. The predicted octanol–water partition coefficient (Wildman–Crippen LogP) is 1.75. The molecule has 102 valence electrons. The number of hydrogen-bond acceptors (Lipinski definition) is 4. The van der Waals surface area contributed by atoms with Crippen LogP contribution in [0.15, 0.2) is 17.0 Å². The average Bonchev–Trinajstić information content (AvgIpc) is 2.29. The van der Waals surface area contributed by atoms with Crippen LogP contribution in [0, 0.1) is 12.7 Å². The van der Waals surface area contributed by atoms with Gasteiger partial charge in [-0.3, -0.25) is 0 Å². The Morgan fingerprint density at radius 2 is 2.11 bits per heavy atom. The Labute approximate surface area is 111 Å². The van der Waals surface area contributed by atoms with E-state index in [1.165, 1.54) is 13.0 Å². The Morgan fingerprint density at radius 3 is 2.72 bits per heavy atom.